The molecule has 2 rings (SSSR count). The zero-order valence-corrected chi connectivity index (χ0v) is 11.8. The highest BCUT2D eigenvalue weighted by molar-refractivity contribution is 9.10. The molecule has 16 heavy (non-hydrogen) atoms. The molecule has 0 radical (unpaired) electrons. The Labute approximate surface area is 110 Å². The minimum absolute atomic E-state index is 0.164. The van der Waals surface area contributed by atoms with E-state index in [2.05, 4.69) is 28.6 Å². The van der Waals surface area contributed by atoms with Gasteiger partial charge < -0.3 is 4.90 Å². The molecule has 0 spiro atoms. The van der Waals surface area contributed by atoms with Crippen LogP contribution in [0.4, 0.5) is 5.69 Å². The lowest BCUT2D eigenvalue weighted by atomic mass is 10.1. The van der Waals surface area contributed by atoms with Gasteiger partial charge in [-0.3, -0.25) is 4.79 Å². The van der Waals surface area contributed by atoms with E-state index in [1.807, 2.05) is 30.9 Å². The number of benzene rings is 1. The largest absolute Gasteiger partial charge is 0.311 e. The number of rotatable bonds is 1. The molecular weight excluding hydrogens is 286 g/mol. The Balaban J connectivity index is 2.38. The molecule has 1 aromatic rings. The SMILES string of the molecule is Cc1cc(N2CC(S)CC2=O)cc(C)c1Br. The quantitative estimate of drug-likeness (QED) is 0.790. The number of amides is 1. The molecule has 0 saturated carbocycles. The molecule has 4 heteroatoms. The normalized spacial score (nSPS) is 20.6. The van der Waals surface area contributed by atoms with Crippen molar-refractivity contribution >= 4 is 40.2 Å². The zero-order chi connectivity index (χ0) is 11.9. The van der Waals surface area contributed by atoms with Gasteiger partial charge in [-0.05, 0) is 37.1 Å². The summed E-state index contributed by atoms with van der Waals surface area (Å²) in [6.07, 6.45) is 0.539. The highest BCUT2D eigenvalue weighted by Crippen LogP contribution is 2.30. The summed E-state index contributed by atoms with van der Waals surface area (Å²) in [5, 5.41) is 0.164. The number of halogens is 1. The molecule has 1 aromatic carbocycles. The lowest BCUT2D eigenvalue weighted by Gasteiger charge is -2.18. The van der Waals surface area contributed by atoms with Gasteiger partial charge in [-0.2, -0.15) is 12.6 Å². The van der Waals surface area contributed by atoms with Crippen molar-refractivity contribution in [2.75, 3.05) is 11.4 Å². The van der Waals surface area contributed by atoms with Crippen LogP contribution in [0.2, 0.25) is 0 Å². The number of hydrogen-bond donors (Lipinski definition) is 1. The van der Waals surface area contributed by atoms with Crippen LogP contribution in [-0.4, -0.2) is 17.7 Å². The van der Waals surface area contributed by atoms with Crippen LogP contribution >= 0.6 is 28.6 Å². The van der Waals surface area contributed by atoms with Gasteiger partial charge in [0.05, 0.1) is 0 Å². The standard InChI is InChI=1S/C12H14BrNOS/c1-7-3-9(4-8(2)12(7)13)14-6-10(16)5-11(14)15/h3-4,10,16H,5-6H2,1-2H3. The first-order valence-electron chi connectivity index (χ1n) is 5.24. The van der Waals surface area contributed by atoms with E-state index in [4.69, 9.17) is 0 Å². The van der Waals surface area contributed by atoms with Crippen molar-refractivity contribution in [3.05, 3.63) is 27.7 Å². The van der Waals surface area contributed by atoms with Crippen LogP contribution in [-0.2, 0) is 4.79 Å². The van der Waals surface area contributed by atoms with Crippen molar-refractivity contribution in [2.45, 2.75) is 25.5 Å². The van der Waals surface area contributed by atoms with Crippen LogP contribution in [0.15, 0.2) is 16.6 Å². The molecule has 1 fully saturated rings. The van der Waals surface area contributed by atoms with Gasteiger partial charge in [-0.25, -0.2) is 0 Å². The molecule has 1 aliphatic heterocycles. The van der Waals surface area contributed by atoms with E-state index in [1.54, 1.807) is 0 Å². The zero-order valence-electron chi connectivity index (χ0n) is 9.33. The number of aryl methyl sites for hydroxylation is 2. The van der Waals surface area contributed by atoms with Crippen molar-refractivity contribution in [3.63, 3.8) is 0 Å². The fraction of sp³-hybridized carbons (Fsp3) is 0.417. The minimum atomic E-state index is 0.164. The molecule has 0 N–H and O–H groups in total. The third-order valence-corrected chi connectivity index (χ3v) is 4.43. The molecule has 1 unspecified atom stereocenters. The van der Waals surface area contributed by atoms with Crippen LogP contribution in [0.3, 0.4) is 0 Å². The number of thiol groups is 1. The Morgan fingerprint density at radius 3 is 2.38 bits per heavy atom. The maximum absolute atomic E-state index is 11.8. The average molecular weight is 300 g/mol. The first-order chi connectivity index (χ1) is 7.49. The number of carbonyl (C=O) groups is 1. The van der Waals surface area contributed by atoms with Crippen molar-refractivity contribution in [3.8, 4) is 0 Å². The molecule has 1 atom stereocenters. The molecule has 1 saturated heterocycles. The summed E-state index contributed by atoms with van der Waals surface area (Å²) in [5.41, 5.74) is 3.30. The molecular formula is C12H14BrNOS. The Morgan fingerprint density at radius 1 is 1.38 bits per heavy atom. The summed E-state index contributed by atoms with van der Waals surface area (Å²) in [6, 6.07) is 4.08. The maximum atomic E-state index is 11.8. The molecule has 1 amide bonds. The van der Waals surface area contributed by atoms with Crippen molar-refractivity contribution in [2.24, 2.45) is 0 Å². The highest BCUT2D eigenvalue weighted by atomic mass is 79.9. The lowest BCUT2D eigenvalue weighted by molar-refractivity contribution is -0.117. The number of carbonyl (C=O) groups excluding carboxylic acids is 1. The first kappa shape index (κ1) is 12.0. The summed E-state index contributed by atoms with van der Waals surface area (Å²) in [7, 11) is 0. The van der Waals surface area contributed by atoms with E-state index in [-0.39, 0.29) is 11.2 Å². The van der Waals surface area contributed by atoms with Gasteiger partial charge >= 0.3 is 0 Å². The Hall–Kier alpha value is -0.480. The van der Waals surface area contributed by atoms with Crippen LogP contribution in [0, 0.1) is 13.8 Å². The summed E-state index contributed by atoms with van der Waals surface area (Å²) in [4.78, 5) is 13.6. The van der Waals surface area contributed by atoms with E-state index in [0.717, 1.165) is 21.3 Å². The van der Waals surface area contributed by atoms with Crippen molar-refractivity contribution in [1.29, 1.82) is 0 Å². The van der Waals surface area contributed by atoms with E-state index in [9.17, 15) is 4.79 Å². The minimum Gasteiger partial charge on any atom is -0.311 e. The van der Waals surface area contributed by atoms with Gasteiger partial charge in [0.1, 0.15) is 0 Å². The number of anilines is 1. The monoisotopic (exact) mass is 299 g/mol. The summed E-state index contributed by atoms with van der Waals surface area (Å²) >= 11 is 7.89. The second-order valence-electron chi connectivity index (χ2n) is 4.26. The fourth-order valence-electron chi connectivity index (χ4n) is 2.02. The average Bonchev–Trinajstić information content (AvgIpc) is 2.53. The Morgan fingerprint density at radius 2 is 1.94 bits per heavy atom. The summed E-state index contributed by atoms with van der Waals surface area (Å²) < 4.78 is 1.12. The maximum Gasteiger partial charge on any atom is 0.228 e. The van der Waals surface area contributed by atoms with Gasteiger partial charge in [0.25, 0.3) is 0 Å². The van der Waals surface area contributed by atoms with Gasteiger partial charge in [-0.1, -0.05) is 15.9 Å². The highest BCUT2D eigenvalue weighted by Gasteiger charge is 2.28. The second-order valence-corrected chi connectivity index (χ2v) is 5.78. The lowest BCUT2D eigenvalue weighted by Crippen LogP contribution is -2.24. The predicted octanol–water partition coefficient (Wildman–Crippen LogP) is 3.10. The van der Waals surface area contributed by atoms with Crippen LogP contribution in [0.5, 0.6) is 0 Å². The molecule has 0 aliphatic carbocycles. The Bertz CT molecular complexity index is 424. The van der Waals surface area contributed by atoms with Crippen molar-refractivity contribution in [1.82, 2.24) is 0 Å². The van der Waals surface area contributed by atoms with Gasteiger partial charge in [0.15, 0.2) is 0 Å². The molecule has 86 valence electrons. The molecule has 1 heterocycles. The van der Waals surface area contributed by atoms with E-state index < -0.39 is 0 Å². The second kappa shape index (κ2) is 4.41. The fourth-order valence-corrected chi connectivity index (χ4v) is 2.57. The van der Waals surface area contributed by atoms with E-state index in [1.165, 1.54) is 0 Å². The van der Waals surface area contributed by atoms with Gasteiger partial charge in [-0.15, -0.1) is 0 Å². The first-order valence-corrected chi connectivity index (χ1v) is 6.55. The van der Waals surface area contributed by atoms with Gasteiger partial charge in [0.2, 0.25) is 5.91 Å². The summed E-state index contributed by atoms with van der Waals surface area (Å²) in [6.45, 7) is 4.79. The number of hydrogen-bond acceptors (Lipinski definition) is 2. The summed E-state index contributed by atoms with van der Waals surface area (Å²) in [5.74, 6) is 0.168. The third kappa shape index (κ3) is 2.13. The van der Waals surface area contributed by atoms with Crippen LogP contribution in [0.1, 0.15) is 17.5 Å². The van der Waals surface area contributed by atoms with Crippen molar-refractivity contribution < 1.29 is 4.79 Å². The molecule has 2 nitrogen and oxygen atoms in total. The van der Waals surface area contributed by atoms with E-state index >= 15 is 0 Å². The third-order valence-electron chi connectivity index (χ3n) is 2.84. The predicted molar refractivity (Wildman–Crippen MR) is 73.4 cm³/mol. The molecule has 0 bridgehead atoms. The molecule has 1 aliphatic rings. The topological polar surface area (TPSA) is 20.3 Å². The Kier molecular flexibility index (Phi) is 3.31. The van der Waals surface area contributed by atoms with Gasteiger partial charge in [0, 0.05) is 28.4 Å². The number of nitrogens with zero attached hydrogens (tertiary/aromatic N) is 1. The molecule has 0 aromatic heterocycles. The van der Waals surface area contributed by atoms with E-state index in [0.29, 0.717) is 13.0 Å². The van der Waals surface area contributed by atoms with Crippen LogP contribution < -0.4 is 4.90 Å². The smallest absolute Gasteiger partial charge is 0.228 e. The van der Waals surface area contributed by atoms with Crippen LogP contribution in [0.25, 0.3) is 0 Å².